The van der Waals surface area contributed by atoms with Crippen molar-refractivity contribution < 1.29 is 22.2 Å². The smallest absolute Gasteiger partial charge is 0.268 e. The Morgan fingerprint density at radius 1 is 1.12 bits per heavy atom. The molecule has 1 N–H and O–H groups in total. The molecule has 6 nitrogen and oxygen atoms in total. The predicted molar refractivity (Wildman–Crippen MR) is 106 cm³/mol. The number of piperazine rings is 1. The highest BCUT2D eigenvalue weighted by Gasteiger charge is 2.21. The molecule has 0 amide bonds. The van der Waals surface area contributed by atoms with Gasteiger partial charge < -0.3 is 9.64 Å². The summed E-state index contributed by atoms with van der Waals surface area (Å²) in [5.41, 5.74) is 0. The minimum Gasteiger partial charge on any atom is -0.496 e. The third-order valence-electron chi connectivity index (χ3n) is 4.65. The van der Waals surface area contributed by atoms with Gasteiger partial charge in [0, 0.05) is 19.6 Å². The highest BCUT2D eigenvalue weighted by Crippen LogP contribution is 2.00. The first-order valence-corrected chi connectivity index (χ1v) is 11.4. The number of hydrogen-bond donors (Lipinski definition) is 1. The molecule has 0 spiro atoms. The van der Waals surface area contributed by atoms with Gasteiger partial charge in [0.15, 0.2) is 0 Å². The topological polar surface area (TPSA) is 60.3 Å². The average Bonchev–Trinajstić information content (AvgIpc) is 2.65. The number of rotatable bonds is 14. The van der Waals surface area contributed by atoms with E-state index in [2.05, 4.69) is 34.2 Å². The summed E-state index contributed by atoms with van der Waals surface area (Å²) < 4.78 is 32.8. The van der Waals surface area contributed by atoms with Crippen LogP contribution in [-0.2, 0) is 19.0 Å². The van der Waals surface area contributed by atoms with Crippen LogP contribution in [0, 0.1) is 0 Å². The summed E-state index contributed by atoms with van der Waals surface area (Å²) in [6.07, 6.45) is 14.3. The standard InChI is InChI=1S/C19H36N2O4S/c1-3-4-5-6-7-8-9-10-17-25-18-15-20-11-13-21(14-12-20)16-19-26(22,23)24-2/h7-8,10,17H,3-6,9,11-16,18-19H2,1-2H3/p+1/b8-7+,17-10?. The molecular formula is C19H37N2O4S+. The molecule has 26 heavy (non-hydrogen) atoms. The number of quaternary nitrogens is 1. The molecular weight excluding hydrogens is 352 g/mol. The van der Waals surface area contributed by atoms with Crippen LogP contribution in [-0.4, -0.2) is 72.1 Å². The van der Waals surface area contributed by atoms with Gasteiger partial charge in [0.2, 0.25) is 0 Å². The monoisotopic (exact) mass is 389 g/mol. The molecule has 1 aliphatic rings. The lowest BCUT2D eigenvalue weighted by atomic mass is 10.2. The summed E-state index contributed by atoms with van der Waals surface area (Å²) in [6.45, 7) is 8.39. The van der Waals surface area contributed by atoms with E-state index in [1.54, 1.807) is 0 Å². The van der Waals surface area contributed by atoms with E-state index in [9.17, 15) is 8.42 Å². The van der Waals surface area contributed by atoms with Gasteiger partial charge in [0.25, 0.3) is 10.1 Å². The fourth-order valence-corrected chi connectivity index (χ4v) is 3.52. The quantitative estimate of drug-likeness (QED) is 0.209. The Balaban J connectivity index is 2.00. The minimum atomic E-state index is -3.35. The minimum absolute atomic E-state index is 0.0692. The van der Waals surface area contributed by atoms with Gasteiger partial charge in [-0.15, -0.1) is 0 Å². The van der Waals surface area contributed by atoms with Crippen molar-refractivity contribution in [2.45, 2.75) is 39.0 Å². The lowest BCUT2D eigenvalue weighted by molar-refractivity contribution is -0.904. The van der Waals surface area contributed by atoms with Crippen molar-refractivity contribution >= 4 is 10.1 Å². The average molecular weight is 390 g/mol. The van der Waals surface area contributed by atoms with E-state index in [1.807, 2.05) is 6.26 Å². The second kappa shape index (κ2) is 14.2. The SMILES string of the molecule is CCCCC/C=C/CC=COCC[NH+]1CCN(CCS(=O)(=O)OC)CC1. The Morgan fingerprint density at radius 3 is 2.58 bits per heavy atom. The molecule has 0 aliphatic carbocycles. The summed E-state index contributed by atoms with van der Waals surface area (Å²) >= 11 is 0. The molecule has 1 aliphatic heterocycles. The largest absolute Gasteiger partial charge is 0.496 e. The van der Waals surface area contributed by atoms with Crippen LogP contribution in [0.4, 0.5) is 0 Å². The van der Waals surface area contributed by atoms with E-state index in [1.165, 1.54) is 37.7 Å². The van der Waals surface area contributed by atoms with Crippen molar-refractivity contribution in [3.05, 3.63) is 24.5 Å². The molecule has 152 valence electrons. The third kappa shape index (κ3) is 11.7. The second-order valence-corrected chi connectivity index (χ2v) is 8.57. The summed E-state index contributed by atoms with van der Waals surface area (Å²) in [5.74, 6) is 0.0692. The molecule has 0 aromatic rings. The lowest BCUT2D eigenvalue weighted by Crippen LogP contribution is -3.15. The molecule has 0 bridgehead atoms. The maximum absolute atomic E-state index is 11.4. The molecule has 0 saturated carbocycles. The predicted octanol–water partition coefficient (Wildman–Crippen LogP) is 1.22. The van der Waals surface area contributed by atoms with E-state index >= 15 is 0 Å². The Bertz CT molecular complexity index is 498. The van der Waals surface area contributed by atoms with Gasteiger partial charge in [-0.3, -0.25) is 9.08 Å². The molecule has 0 aromatic carbocycles. The Morgan fingerprint density at radius 2 is 1.88 bits per heavy atom. The van der Waals surface area contributed by atoms with Gasteiger partial charge in [-0.05, 0) is 25.3 Å². The van der Waals surface area contributed by atoms with Crippen molar-refractivity contribution in [1.82, 2.24) is 4.90 Å². The molecule has 1 rings (SSSR count). The van der Waals surface area contributed by atoms with Crippen LogP contribution in [0.2, 0.25) is 0 Å². The second-order valence-electron chi connectivity index (χ2n) is 6.72. The van der Waals surface area contributed by atoms with Crippen LogP contribution in [0.25, 0.3) is 0 Å². The summed E-state index contributed by atoms with van der Waals surface area (Å²) in [4.78, 5) is 3.70. The number of unbranched alkanes of at least 4 members (excludes halogenated alkanes) is 3. The lowest BCUT2D eigenvalue weighted by Gasteiger charge is -2.31. The van der Waals surface area contributed by atoms with E-state index in [4.69, 9.17) is 4.74 Å². The fraction of sp³-hybridized carbons (Fsp3) is 0.789. The molecule has 0 unspecified atom stereocenters. The number of allylic oxidation sites excluding steroid dienone is 3. The van der Waals surface area contributed by atoms with Crippen molar-refractivity contribution in [2.75, 3.05) is 58.7 Å². The molecule has 1 heterocycles. The normalized spacial score (nSPS) is 17.5. The Kier molecular flexibility index (Phi) is 12.6. The summed E-state index contributed by atoms with van der Waals surface area (Å²) in [6, 6.07) is 0. The van der Waals surface area contributed by atoms with E-state index in [0.29, 0.717) is 6.54 Å². The maximum Gasteiger partial charge on any atom is 0.268 e. The van der Waals surface area contributed by atoms with Gasteiger partial charge in [-0.1, -0.05) is 31.9 Å². The molecule has 0 radical (unpaired) electrons. The van der Waals surface area contributed by atoms with Crippen molar-refractivity contribution in [2.24, 2.45) is 0 Å². The van der Waals surface area contributed by atoms with E-state index in [0.717, 1.165) is 45.8 Å². The van der Waals surface area contributed by atoms with Crippen LogP contribution < -0.4 is 4.90 Å². The van der Waals surface area contributed by atoms with Gasteiger partial charge >= 0.3 is 0 Å². The zero-order chi connectivity index (χ0) is 19.1. The summed E-state index contributed by atoms with van der Waals surface area (Å²) in [5, 5.41) is 0. The van der Waals surface area contributed by atoms with Crippen LogP contribution in [0.15, 0.2) is 24.5 Å². The first-order valence-electron chi connectivity index (χ1n) is 9.83. The van der Waals surface area contributed by atoms with E-state index in [-0.39, 0.29) is 5.75 Å². The highest BCUT2D eigenvalue weighted by molar-refractivity contribution is 7.86. The first kappa shape index (κ1) is 23.1. The van der Waals surface area contributed by atoms with Crippen LogP contribution in [0.1, 0.15) is 39.0 Å². The van der Waals surface area contributed by atoms with Crippen molar-refractivity contribution in [3.63, 3.8) is 0 Å². The van der Waals surface area contributed by atoms with Crippen molar-refractivity contribution in [3.8, 4) is 0 Å². The van der Waals surface area contributed by atoms with Gasteiger partial charge in [-0.2, -0.15) is 8.42 Å². The molecule has 0 aromatic heterocycles. The number of hydrogen-bond acceptors (Lipinski definition) is 5. The Hall–Kier alpha value is -0.890. The molecule has 1 saturated heterocycles. The van der Waals surface area contributed by atoms with Gasteiger partial charge in [0.1, 0.15) is 13.2 Å². The van der Waals surface area contributed by atoms with Crippen LogP contribution in [0.5, 0.6) is 0 Å². The zero-order valence-corrected chi connectivity index (χ0v) is 17.3. The number of nitrogens with one attached hydrogen (secondary N) is 1. The van der Waals surface area contributed by atoms with Crippen LogP contribution in [0.3, 0.4) is 0 Å². The molecule has 1 fully saturated rings. The number of nitrogens with zero attached hydrogens (tertiary/aromatic N) is 1. The highest BCUT2D eigenvalue weighted by atomic mass is 32.2. The van der Waals surface area contributed by atoms with Crippen LogP contribution >= 0.6 is 0 Å². The third-order valence-corrected chi connectivity index (χ3v) is 5.84. The van der Waals surface area contributed by atoms with Gasteiger partial charge in [-0.25, -0.2) is 0 Å². The maximum atomic E-state index is 11.4. The molecule has 7 heteroatoms. The zero-order valence-electron chi connectivity index (χ0n) is 16.5. The Labute approximate surface area is 160 Å². The summed E-state index contributed by atoms with van der Waals surface area (Å²) in [7, 11) is -2.13. The fourth-order valence-electron chi connectivity index (χ4n) is 2.87. The number of ether oxygens (including phenoxy) is 1. The first-order chi connectivity index (χ1) is 12.6. The van der Waals surface area contributed by atoms with Crippen molar-refractivity contribution in [1.29, 1.82) is 0 Å². The molecule has 0 atom stereocenters. The van der Waals surface area contributed by atoms with Gasteiger partial charge in [0.05, 0.1) is 32.2 Å². The van der Waals surface area contributed by atoms with E-state index < -0.39 is 10.1 Å².